The number of carbonyl (C=O) groups is 1. The van der Waals surface area contributed by atoms with E-state index in [2.05, 4.69) is 10.2 Å². The summed E-state index contributed by atoms with van der Waals surface area (Å²) in [6.45, 7) is 5.73. The first-order chi connectivity index (χ1) is 6.70. The Bertz CT molecular complexity index is 185. The molecule has 0 spiro atoms. The molecule has 16 heavy (non-hydrogen) atoms. The van der Waals surface area contributed by atoms with Crippen LogP contribution in [0.1, 0.15) is 26.2 Å². The monoisotopic (exact) mass is 271 g/mol. The maximum Gasteiger partial charge on any atom is 0.236 e. The van der Waals surface area contributed by atoms with Gasteiger partial charge in [-0.05, 0) is 32.9 Å². The molecular weight excluding hydrogens is 249 g/mol. The number of halogens is 2. The van der Waals surface area contributed by atoms with Gasteiger partial charge in [0.1, 0.15) is 0 Å². The first kappa shape index (κ1) is 18.3. The minimum atomic E-state index is -0.392. The average molecular weight is 272 g/mol. The van der Waals surface area contributed by atoms with Crippen molar-refractivity contribution < 1.29 is 4.79 Å². The van der Waals surface area contributed by atoms with Crippen LogP contribution in [-0.2, 0) is 4.79 Å². The molecule has 1 fully saturated rings. The number of carbonyl (C=O) groups excluding carboxylic acids is 1. The predicted molar refractivity (Wildman–Crippen MR) is 71.4 cm³/mol. The van der Waals surface area contributed by atoms with Crippen molar-refractivity contribution in [1.82, 2.24) is 10.2 Å². The molecule has 0 aromatic carbocycles. The zero-order valence-electron chi connectivity index (χ0n) is 9.78. The number of rotatable bonds is 4. The fourth-order valence-corrected chi connectivity index (χ4v) is 1.68. The summed E-state index contributed by atoms with van der Waals surface area (Å²) in [5.74, 6) is -0.0537. The van der Waals surface area contributed by atoms with Crippen LogP contribution in [0.5, 0.6) is 0 Å². The van der Waals surface area contributed by atoms with Crippen LogP contribution in [0.25, 0.3) is 0 Å². The highest BCUT2D eigenvalue weighted by Gasteiger charge is 2.10. The Morgan fingerprint density at radius 2 is 1.88 bits per heavy atom. The van der Waals surface area contributed by atoms with Crippen molar-refractivity contribution in [2.75, 3.05) is 26.2 Å². The number of piperidine rings is 1. The lowest BCUT2D eigenvalue weighted by molar-refractivity contribution is -0.122. The normalized spacial score (nSPS) is 17.9. The third-order valence-corrected chi connectivity index (χ3v) is 2.59. The second-order valence-corrected chi connectivity index (χ2v) is 3.98. The zero-order chi connectivity index (χ0) is 10.4. The van der Waals surface area contributed by atoms with Gasteiger partial charge in [0, 0.05) is 13.1 Å². The minimum absolute atomic E-state index is 0. The molecule has 6 heteroatoms. The highest BCUT2D eigenvalue weighted by molar-refractivity contribution is 5.85. The van der Waals surface area contributed by atoms with Crippen molar-refractivity contribution in [3.05, 3.63) is 0 Å². The van der Waals surface area contributed by atoms with E-state index in [4.69, 9.17) is 5.73 Å². The molecule has 1 aliphatic heterocycles. The van der Waals surface area contributed by atoms with Gasteiger partial charge in [-0.1, -0.05) is 6.42 Å². The molecule has 3 N–H and O–H groups in total. The van der Waals surface area contributed by atoms with Crippen molar-refractivity contribution in [2.24, 2.45) is 5.73 Å². The summed E-state index contributed by atoms with van der Waals surface area (Å²) >= 11 is 0. The van der Waals surface area contributed by atoms with Crippen LogP contribution in [-0.4, -0.2) is 43.0 Å². The zero-order valence-corrected chi connectivity index (χ0v) is 11.4. The van der Waals surface area contributed by atoms with E-state index < -0.39 is 6.04 Å². The maximum absolute atomic E-state index is 11.1. The number of amides is 1. The van der Waals surface area contributed by atoms with Crippen molar-refractivity contribution in [3.63, 3.8) is 0 Å². The molecule has 1 aliphatic rings. The van der Waals surface area contributed by atoms with E-state index in [1.807, 2.05) is 0 Å². The highest BCUT2D eigenvalue weighted by Crippen LogP contribution is 2.07. The van der Waals surface area contributed by atoms with E-state index in [0.717, 1.165) is 13.1 Å². The average Bonchev–Trinajstić information content (AvgIpc) is 2.19. The summed E-state index contributed by atoms with van der Waals surface area (Å²) in [4.78, 5) is 13.5. The summed E-state index contributed by atoms with van der Waals surface area (Å²) in [5.41, 5.74) is 5.43. The number of hydrogen-bond acceptors (Lipinski definition) is 3. The van der Waals surface area contributed by atoms with Crippen LogP contribution in [0.4, 0.5) is 0 Å². The fraction of sp³-hybridized carbons (Fsp3) is 0.900. The van der Waals surface area contributed by atoms with Gasteiger partial charge in [-0.15, -0.1) is 24.8 Å². The fourth-order valence-electron chi connectivity index (χ4n) is 1.68. The van der Waals surface area contributed by atoms with Gasteiger partial charge in [0.2, 0.25) is 5.91 Å². The van der Waals surface area contributed by atoms with Gasteiger partial charge in [-0.25, -0.2) is 0 Å². The van der Waals surface area contributed by atoms with Crippen molar-refractivity contribution >= 4 is 30.7 Å². The molecule has 1 saturated heterocycles. The molecular formula is C10H23Cl2N3O. The molecule has 0 aliphatic carbocycles. The first-order valence-electron chi connectivity index (χ1n) is 5.46. The number of nitrogens with zero attached hydrogens (tertiary/aromatic N) is 1. The van der Waals surface area contributed by atoms with Crippen molar-refractivity contribution in [2.45, 2.75) is 32.2 Å². The summed E-state index contributed by atoms with van der Waals surface area (Å²) in [7, 11) is 0. The molecule has 0 radical (unpaired) electrons. The summed E-state index contributed by atoms with van der Waals surface area (Å²) in [5, 5.41) is 2.82. The van der Waals surface area contributed by atoms with E-state index >= 15 is 0 Å². The standard InChI is InChI=1S/C10H21N3O.2ClH/c1-9(11)10(14)12-5-8-13-6-3-2-4-7-13;;/h9H,2-8,11H2,1H3,(H,12,14);2*1H. The second-order valence-electron chi connectivity index (χ2n) is 3.98. The van der Waals surface area contributed by atoms with Gasteiger partial charge in [0.25, 0.3) is 0 Å². The molecule has 4 nitrogen and oxygen atoms in total. The van der Waals surface area contributed by atoms with Crippen LogP contribution >= 0.6 is 24.8 Å². The Morgan fingerprint density at radius 3 is 2.38 bits per heavy atom. The molecule has 1 heterocycles. The molecule has 1 atom stereocenters. The van der Waals surface area contributed by atoms with Gasteiger partial charge in [-0.3, -0.25) is 4.79 Å². The predicted octanol–water partition coefficient (Wildman–Crippen LogP) is 0.779. The smallest absolute Gasteiger partial charge is 0.236 e. The second kappa shape index (κ2) is 10.1. The molecule has 1 amide bonds. The molecule has 0 saturated carbocycles. The van der Waals surface area contributed by atoms with Gasteiger partial charge < -0.3 is 16.0 Å². The summed E-state index contributed by atoms with van der Waals surface area (Å²) < 4.78 is 0. The minimum Gasteiger partial charge on any atom is -0.353 e. The summed E-state index contributed by atoms with van der Waals surface area (Å²) in [6, 6.07) is -0.392. The topological polar surface area (TPSA) is 58.4 Å². The van der Waals surface area contributed by atoms with Crippen LogP contribution in [0.3, 0.4) is 0 Å². The number of hydrogen-bond donors (Lipinski definition) is 2. The quantitative estimate of drug-likeness (QED) is 0.795. The lowest BCUT2D eigenvalue weighted by atomic mass is 10.1. The van der Waals surface area contributed by atoms with Crippen LogP contribution in [0.2, 0.25) is 0 Å². The molecule has 0 aromatic heterocycles. The Kier molecular flexibility index (Phi) is 11.6. The van der Waals surface area contributed by atoms with Crippen LogP contribution in [0.15, 0.2) is 0 Å². The Morgan fingerprint density at radius 1 is 1.31 bits per heavy atom. The van der Waals surface area contributed by atoms with Crippen molar-refractivity contribution in [3.8, 4) is 0 Å². The van der Waals surface area contributed by atoms with Gasteiger partial charge in [-0.2, -0.15) is 0 Å². The third kappa shape index (κ3) is 7.28. The van der Waals surface area contributed by atoms with Gasteiger partial charge >= 0.3 is 0 Å². The Hall–Kier alpha value is -0.0300. The first-order valence-corrected chi connectivity index (χ1v) is 5.46. The largest absolute Gasteiger partial charge is 0.353 e. The summed E-state index contributed by atoms with van der Waals surface area (Å²) in [6.07, 6.45) is 3.94. The highest BCUT2D eigenvalue weighted by atomic mass is 35.5. The van der Waals surface area contributed by atoms with Gasteiger partial charge in [0.05, 0.1) is 6.04 Å². The number of nitrogens with one attached hydrogen (secondary N) is 1. The van der Waals surface area contributed by atoms with E-state index in [9.17, 15) is 4.79 Å². The number of likely N-dealkylation sites (tertiary alicyclic amines) is 1. The Labute approximate surface area is 110 Å². The molecule has 0 aromatic rings. The molecule has 1 rings (SSSR count). The Balaban J connectivity index is 0. The van der Waals surface area contributed by atoms with Crippen molar-refractivity contribution in [1.29, 1.82) is 0 Å². The van der Waals surface area contributed by atoms with E-state index in [1.54, 1.807) is 6.92 Å². The van der Waals surface area contributed by atoms with E-state index in [-0.39, 0.29) is 30.7 Å². The van der Waals surface area contributed by atoms with Crippen LogP contribution < -0.4 is 11.1 Å². The lowest BCUT2D eigenvalue weighted by Gasteiger charge is -2.26. The van der Waals surface area contributed by atoms with E-state index in [1.165, 1.54) is 32.4 Å². The maximum atomic E-state index is 11.1. The van der Waals surface area contributed by atoms with E-state index in [0.29, 0.717) is 0 Å². The lowest BCUT2D eigenvalue weighted by Crippen LogP contribution is -2.43. The van der Waals surface area contributed by atoms with Crippen LogP contribution in [0, 0.1) is 0 Å². The SMILES string of the molecule is CC(N)C(=O)NCCN1CCCCC1.Cl.Cl. The van der Waals surface area contributed by atoms with Gasteiger partial charge in [0.15, 0.2) is 0 Å². The third-order valence-electron chi connectivity index (χ3n) is 2.59. The molecule has 0 bridgehead atoms. The molecule has 98 valence electrons. The molecule has 1 unspecified atom stereocenters. The number of nitrogens with two attached hydrogens (primary N) is 1.